The van der Waals surface area contributed by atoms with Crippen LogP contribution in [0.4, 0.5) is 5.69 Å². The number of benzene rings is 4. The van der Waals surface area contributed by atoms with E-state index in [1.807, 2.05) is 126 Å². The fraction of sp³-hybridized carbons (Fsp3) is 0.0312. The fourth-order valence-corrected chi connectivity index (χ4v) is 4.71. The molecule has 0 unspecified atom stereocenters. The molecule has 0 fully saturated rings. The van der Waals surface area contributed by atoms with Gasteiger partial charge in [0.2, 0.25) is 0 Å². The van der Waals surface area contributed by atoms with Crippen LogP contribution in [-0.2, 0) is 4.79 Å². The van der Waals surface area contributed by atoms with Crippen molar-refractivity contribution in [2.24, 2.45) is 5.10 Å². The highest BCUT2D eigenvalue weighted by molar-refractivity contribution is 9.10. The Bertz CT molecular complexity index is 1690. The lowest BCUT2D eigenvalue weighted by Crippen LogP contribution is -2.21. The average Bonchev–Trinajstić information content (AvgIpc) is 3.56. The lowest BCUT2D eigenvalue weighted by atomic mass is 9.99. The van der Waals surface area contributed by atoms with Gasteiger partial charge in [0.05, 0.1) is 29.8 Å². The maximum Gasteiger partial charge on any atom is 0.281 e. The van der Waals surface area contributed by atoms with Gasteiger partial charge in [0.25, 0.3) is 5.91 Å². The molecule has 0 saturated heterocycles. The van der Waals surface area contributed by atoms with Crippen LogP contribution in [0, 0.1) is 0 Å². The Morgan fingerprint density at radius 1 is 0.769 bits per heavy atom. The van der Waals surface area contributed by atoms with Crippen LogP contribution in [-0.4, -0.2) is 28.5 Å². The summed E-state index contributed by atoms with van der Waals surface area (Å²) in [6.07, 6.45) is 3.84. The zero-order chi connectivity index (χ0) is 26.8. The molecule has 1 aliphatic rings. The maximum absolute atomic E-state index is 13.9. The summed E-state index contributed by atoms with van der Waals surface area (Å²) in [6, 6.07) is 34.9. The Morgan fingerprint density at radius 3 is 2.03 bits per heavy atom. The first-order valence-corrected chi connectivity index (χ1v) is 13.2. The molecule has 190 valence electrons. The molecule has 0 atom stereocenters. The number of para-hydroxylation sites is 2. The van der Waals surface area contributed by atoms with Crippen molar-refractivity contribution >= 4 is 39.3 Å². The predicted octanol–water partition coefficient (Wildman–Crippen LogP) is 7.14. The van der Waals surface area contributed by atoms with Gasteiger partial charge in [-0.05, 0) is 66.7 Å². The van der Waals surface area contributed by atoms with Gasteiger partial charge in [0.15, 0.2) is 0 Å². The van der Waals surface area contributed by atoms with Gasteiger partial charge in [-0.15, -0.1) is 0 Å². The van der Waals surface area contributed by atoms with E-state index in [4.69, 9.17) is 14.9 Å². The standard InChI is InChI=1S/C32H23BrN4O2/c1-39-28-18-14-23(15-19-28)31-29(32(38)37(35-31)27-10-6-3-7-11-27)20-24-21-36(26-8-4-2-5-9-26)34-30(24)22-12-16-25(33)17-13-22/h2-21H,1H3/b29-20-. The summed E-state index contributed by atoms with van der Waals surface area (Å²) in [4.78, 5) is 13.9. The number of hydrogen-bond donors (Lipinski definition) is 0. The maximum atomic E-state index is 13.9. The number of hydrazone groups is 1. The van der Waals surface area contributed by atoms with E-state index in [2.05, 4.69) is 15.9 Å². The summed E-state index contributed by atoms with van der Waals surface area (Å²) in [6.45, 7) is 0. The van der Waals surface area contributed by atoms with Crippen LogP contribution >= 0.6 is 15.9 Å². The minimum absolute atomic E-state index is 0.207. The van der Waals surface area contributed by atoms with Gasteiger partial charge in [0, 0.05) is 27.4 Å². The van der Waals surface area contributed by atoms with Crippen LogP contribution < -0.4 is 9.75 Å². The van der Waals surface area contributed by atoms with Crippen LogP contribution in [0.2, 0.25) is 0 Å². The van der Waals surface area contributed by atoms with E-state index >= 15 is 0 Å². The lowest BCUT2D eigenvalue weighted by Gasteiger charge is -2.10. The zero-order valence-corrected chi connectivity index (χ0v) is 22.6. The molecular weight excluding hydrogens is 552 g/mol. The minimum Gasteiger partial charge on any atom is -0.497 e. The minimum atomic E-state index is -0.207. The summed E-state index contributed by atoms with van der Waals surface area (Å²) < 4.78 is 8.15. The van der Waals surface area contributed by atoms with Crippen molar-refractivity contribution in [1.82, 2.24) is 9.78 Å². The summed E-state index contributed by atoms with van der Waals surface area (Å²) in [7, 11) is 1.63. The molecule has 2 heterocycles. The molecule has 0 aliphatic carbocycles. The summed E-state index contributed by atoms with van der Waals surface area (Å²) in [5.74, 6) is 0.525. The van der Waals surface area contributed by atoms with Crippen molar-refractivity contribution in [2.45, 2.75) is 0 Å². The number of amides is 1. The Morgan fingerprint density at radius 2 is 1.38 bits per heavy atom. The lowest BCUT2D eigenvalue weighted by molar-refractivity contribution is -0.114. The van der Waals surface area contributed by atoms with Gasteiger partial charge in [-0.2, -0.15) is 15.2 Å². The van der Waals surface area contributed by atoms with Crippen LogP contribution in [0.25, 0.3) is 23.0 Å². The molecule has 1 aromatic heterocycles. The van der Waals surface area contributed by atoms with E-state index in [1.165, 1.54) is 5.01 Å². The number of halogens is 1. The molecular formula is C32H23BrN4O2. The number of aromatic nitrogens is 2. The highest BCUT2D eigenvalue weighted by Crippen LogP contribution is 2.32. The number of rotatable bonds is 6. The molecule has 6 nitrogen and oxygen atoms in total. The fourth-order valence-electron chi connectivity index (χ4n) is 4.44. The molecule has 7 heteroatoms. The van der Waals surface area contributed by atoms with Gasteiger partial charge >= 0.3 is 0 Å². The first-order valence-electron chi connectivity index (χ1n) is 12.4. The quantitative estimate of drug-likeness (QED) is 0.202. The number of ether oxygens (including phenoxy) is 1. The second-order valence-electron chi connectivity index (χ2n) is 8.91. The summed E-state index contributed by atoms with van der Waals surface area (Å²) in [5.41, 5.74) is 6.01. The van der Waals surface area contributed by atoms with Crippen LogP contribution in [0.1, 0.15) is 11.1 Å². The van der Waals surface area contributed by atoms with Crippen LogP contribution in [0.3, 0.4) is 0 Å². The normalized spacial score (nSPS) is 14.1. The smallest absolute Gasteiger partial charge is 0.281 e. The summed E-state index contributed by atoms with van der Waals surface area (Å²) in [5, 5.41) is 11.2. The third-order valence-electron chi connectivity index (χ3n) is 6.42. The average molecular weight is 575 g/mol. The Kier molecular flexibility index (Phi) is 6.65. The van der Waals surface area contributed by atoms with Crippen molar-refractivity contribution in [3.63, 3.8) is 0 Å². The predicted molar refractivity (Wildman–Crippen MR) is 158 cm³/mol. The van der Waals surface area contributed by atoms with Crippen molar-refractivity contribution in [1.29, 1.82) is 0 Å². The second-order valence-corrected chi connectivity index (χ2v) is 9.82. The highest BCUT2D eigenvalue weighted by Gasteiger charge is 2.32. The Hall–Kier alpha value is -4.75. The van der Waals surface area contributed by atoms with Crippen molar-refractivity contribution in [2.75, 3.05) is 12.1 Å². The van der Waals surface area contributed by atoms with E-state index in [0.717, 1.165) is 38.3 Å². The second kappa shape index (κ2) is 10.6. The Labute approximate surface area is 234 Å². The van der Waals surface area contributed by atoms with Crippen molar-refractivity contribution in [3.05, 3.63) is 137 Å². The molecule has 0 N–H and O–H groups in total. The van der Waals surface area contributed by atoms with Gasteiger partial charge < -0.3 is 4.74 Å². The Balaban J connectivity index is 1.51. The highest BCUT2D eigenvalue weighted by atomic mass is 79.9. The molecule has 0 bridgehead atoms. The molecule has 0 saturated carbocycles. The largest absolute Gasteiger partial charge is 0.497 e. The molecule has 0 radical (unpaired) electrons. The van der Waals surface area contributed by atoms with Gasteiger partial charge in [-0.1, -0.05) is 64.5 Å². The number of carbonyl (C=O) groups is 1. The first kappa shape index (κ1) is 24.6. The van der Waals surface area contributed by atoms with Crippen LogP contribution in [0.15, 0.2) is 131 Å². The van der Waals surface area contributed by atoms with Crippen molar-refractivity contribution in [3.8, 4) is 22.7 Å². The molecule has 39 heavy (non-hydrogen) atoms. The number of carbonyl (C=O) groups excluding carboxylic acids is 1. The van der Waals surface area contributed by atoms with Crippen LogP contribution in [0.5, 0.6) is 5.75 Å². The molecule has 6 rings (SSSR count). The van der Waals surface area contributed by atoms with Gasteiger partial charge in [0.1, 0.15) is 11.5 Å². The number of nitrogens with zero attached hydrogens (tertiary/aromatic N) is 4. The molecule has 4 aromatic carbocycles. The third kappa shape index (κ3) is 4.92. The molecule has 1 aliphatic heterocycles. The van der Waals surface area contributed by atoms with E-state index in [9.17, 15) is 4.79 Å². The number of hydrogen-bond acceptors (Lipinski definition) is 4. The number of methoxy groups -OCH3 is 1. The van der Waals surface area contributed by atoms with Gasteiger partial charge in [-0.25, -0.2) is 4.68 Å². The molecule has 1 amide bonds. The van der Waals surface area contributed by atoms with E-state index in [-0.39, 0.29) is 5.91 Å². The molecule has 5 aromatic rings. The first-order chi connectivity index (χ1) is 19.1. The van der Waals surface area contributed by atoms with Crippen molar-refractivity contribution < 1.29 is 9.53 Å². The third-order valence-corrected chi connectivity index (χ3v) is 6.95. The van der Waals surface area contributed by atoms with E-state index in [0.29, 0.717) is 17.0 Å². The van der Waals surface area contributed by atoms with Gasteiger partial charge in [-0.3, -0.25) is 4.79 Å². The van der Waals surface area contributed by atoms with E-state index in [1.54, 1.807) is 7.11 Å². The molecule has 0 spiro atoms. The summed E-state index contributed by atoms with van der Waals surface area (Å²) >= 11 is 3.52. The SMILES string of the molecule is COc1ccc(C2=NN(c3ccccc3)C(=O)/C2=C\c2cn(-c3ccccc3)nc2-c2ccc(Br)cc2)cc1. The van der Waals surface area contributed by atoms with E-state index < -0.39 is 0 Å². The number of anilines is 1. The monoisotopic (exact) mass is 574 g/mol. The zero-order valence-electron chi connectivity index (χ0n) is 21.0. The topological polar surface area (TPSA) is 59.7 Å².